The Bertz CT molecular complexity index is 747. The minimum absolute atomic E-state index is 0.0266. The van der Waals surface area contributed by atoms with Gasteiger partial charge in [0.15, 0.2) is 0 Å². The molecule has 27 heavy (non-hydrogen) atoms. The molecule has 1 aromatic carbocycles. The van der Waals surface area contributed by atoms with Gasteiger partial charge in [-0.3, -0.25) is 9.59 Å². The molecule has 1 atom stereocenters. The average molecular weight is 399 g/mol. The largest absolute Gasteiger partial charge is 0.344 e. The van der Waals surface area contributed by atoms with Gasteiger partial charge in [0.2, 0.25) is 21.8 Å². The minimum atomic E-state index is -3.70. The van der Waals surface area contributed by atoms with E-state index >= 15 is 0 Å². The number of hydrogen-bond donors (Lipinski definition) is 4. The summed E-state index contributed by atoms with van der Waals surface area (Å²) in [5.74, 6) is -0.532. The van der Waals surface area contributed by atoms with Crippen LogP contribution < -0.4 is 21.1 Å². The van der Waals surface area contributed by atoms with Crippen molar-refractivity contribution in [3.63, 3.8) is 0 Å². The minimum Gasteiger partial charge on any atom is -0.344 e. The molecule has 152 valence electrons. The van der Waals surface area contributed by atoms with E-state index in [2.05, 4.69) is 15.4 Å². The fourth-order valence-electron chi connectivity index (χ4n) is 2.38. The number of carbonyl (C=O) groups is 2. The van der Waals surface area contributed by atoms with Crippen molar-refractivity contribution in [2.75, 3.05) is 18.4 Å². The third-order valence-electron chi connectivity index (χ3n) is 3.71. The van der Waals surface area contributed by atoms with Gasteiger partial charge in [-0.25, -0.2) is 13.1 Å². The number of benzene rings is 1. The monoisotopic (exact) mass is 398 g/mol. The van der Waals surface area contributed by atoms with E-state index in [-0.39, 0.29) is 35.7 Å². The highest BCUT2D eigenvalue weighted by Crippen LogP contribution is 2.16. The second-order valence-corrected chi connectivity index (χ2v) is 8.86. The van der Waals surface area contributed by atoms with Crippen LogP contribution in [-0.2, 0) is 19.6 Å². The molecule has 1 rings (SSSR count). The van der Waals surface area contributed by atoms with Crippen molar-refractivity contribution in [1.82, 2.24) is 10.0 Å². The summed E-state index contributed by atoms with van der Waals surface area (Å²) in [5, 5.41) is 5.43. The van der Waals surface area contributed by atoms with Crippen molar-refractivity contribution in [3.05, 3.63) is 24.3 Å². The van der Waals surface area contributed by atoms with Crippen LogP contribution in [0.1, 0.15) is 34.1 Å². The lowest BCUT2D eigenvalue weighted by Gasteiger charge is -2.22. The lowest BCUT2D eigenvalue weighted by atomic mass is 10.0. The molecule has 0 aliphatic heterocycles. The second-order valence-electron chi connectivity index (χ2n) is 7.09. The average Bonchev–Trinajstić information content (AvgIpc) is 2.57. The smallest absolute Gasteiger partial charge is 0.247 e. The van der Waals surface area contributed by atoms with E-state index in [1.807, 2.05) is 27.7 Å². The van der Waals surface area contributed by atoms with Crippen LogP contribution in [0.4, 0.5) is 5.69 Å². The SMILES string of the molecule is CC(C)CC(=O)NC(C(=O)Nc1cccc(S(=O)(=O)NCCN)c1)C(C)C. The number of nitrogens with one attached hydrogen (secondary N) is 3. The van der Waals surface area contributed by atoms with Gasteiger partial charge in [0.1, 0.15) is 6.04 Å². The van der Waals surface area contributed by atoms with E-state index in [9.17, 15) is 18.0 Å². The van der Waals surface area contributed by atoms with Crippen molar-refractivity contribution in [1.29, 1.82) is 0 Å². The Kier molecular flexibility index (Phi) is 8.87. The Hall–Kier alpha value is -1.97. The molecule has 0 fully saturated rings. The quantitative estimate of drug-likeness (QED) is 0.468. The van der Waals surface area contributed by atoms with Crippen LogP contribution in [0.5, 0.6) is 0 Å². The van der Waals surface area contributed by atoms with Gasteiger partial charge in [-0.2, -0.15) is 0 Å². The molecule has 0 spiro atoms. The molecule has 0 aliphatic carbocycles. The maximum absolute atomic E-state index is 12.6. The topological polar surface area (TPSA) is 130 Å². The van der Waals surface area contributed by atoms with Gasteiger partial charge in [-0.15, -0.1) is 0 Å². The van der Waals surface area contributed by atoms with E-state index in [0.717, 1.165) is 0 Å². The Balaban J connectivity index is 2.90. The van der Waals surface area contributed by atoms with Crippen LogP contribution in [0.3, 0.4) is 0 Å². The number of sulfonamides is 1. The van der Waals surface area contributed by atoms with Crippen molar-refractivity contribution in [3.8, 4) is 0 Å². The molecule has 1 aromatic rings. The molecule has 0 saturated carbocycles. The number of anilines is 1. The summed E-state index contributed by atoms with van der Waals surface area (Å²) in [4.78, 5) is 24.6. The Morgan fingerprint density at radius 1 is 1.15 bits per heavy atom. The summed E-state index contributed by atoms with van der Waals surface area (Å²) >= 11 is 0. The first-order valence-corrected chi connectivity index (χ1v) is 10.4. The normalized spacial score (nSPS) is 12.9. The zero-order valence-electron chi connectivity index (χ0n) is 16.3. The second kappa shape index (κ2) is 10.4. The van der Waals surface area contributed by atoms with E-state index < -0.39 is 22.0 Å². The molecular weight excluding hydrogens is 368 g/mol. The maximum Gasteiger partial charge on any atom is 0.247 e. The molecule has 8 nitrogen and oxygen atoms in total. The summed E-state index contributed by atoms with van der Waals surface area (Å²) in [5.41, 5.74) is 5.66. The number of amides is 2. The lowest BCUT2D eigenvalue weighted by Crippen LogP contribution is -2.47. The van der Waals surface area contributed by atoms with Crippen LogP contribution in [-0.4, -0.2) is 39.4 Å². The molecule has 0 aromatic heterocycles. The zero-order valence-corrected chi connectivity index (χ0v) is 17.1. The molecule has 2 amide bonds. The third-order valence-corrected chi connectivity index (χ3v) is 5.17. The highest BCUT2D eigenvalue weighted by molar-refractivity contribution is 7.89. The fraction of sp³-hybridized carbons (Fsp3) is 0.556. The van der Waals surface area contributed by atoms with Gasteiger partial charge >= 0.3 is 0 Å². The Labute approximate surface area is 161 Å². The van der Waals surface area contributed by atoms with Gasteiger partial charge in [0.05, 0.1) is 4.90 Å². The summed E-state index contributed by atoms with van der Waals surface area (Å²) < 4.78 is 26.7. The fourth-order valence-corrected chi connectivity index (χ4v) is 3.47. The molecule has 0 radical (unpaired) electrons. The first kappa shape index (κ1) is 23.1. The molecule has 0 aliphatic rings. The van der Waals surface area contributed by atoms with Crippen molar-refractivity contribution in [2.45, 2.75) is 45.1 Å². The molecule has 0 bridgehead atoms. The predicted octanol–water partition coefficient (Wildman–Crippen LogP) is 1.05. The van der Waals surface area contributed by atoms with Gasteiger partial charge in [-0.05, 0) is 30.0 Å². The molecule has 9 heteroatoms. The summed E-state index contributed by atoms with van der Waals surface area (Å²) in [6.45, 7) is 7.82. The van der Waals surface area contributed by atoms with Gasteiger partial charge in [0, 0.05) is 25.2 Å². The summed E-state index contributed by atoms with van der Waals surface area (Å²) in [6.07, 6.45) is 0.330. The highest BCUT2D eigenvalue weighted by atomic mass is 32.2. The van der Waals surface area contributed by atoms with E-state index in [0.29, 0.717) is 12.1 Å². The molecular formula is C18H30N4O4S. The standard InChI is InChI=1S/C18H30N4O4S/c1-12(2)10-16(23)22-17(13(3)4)18(24)21-14-6-5-7-15(11-14)27(25,26)20-9-8-19/h5-7,11-13,17,20H,8-10,19H2,1-4H3,(H,21,24)(H,22,23). The highest BCUT2D eigenvalue weighted by Gasteiger charge is 2.25. The Morgan fingerprint density at radius 3 is 2.37 bits per heavy atom. The van der Waals surface area contributed by atoms with E-state index in [4.69, 9.17) is 5.73 Å². The van der Waals surface area contributed by atoms with E-state index in [1.165, 1.54) is 18.2 Å². The molecule has 5 N–H and O–H groups in total. The first-order valence-electron chi connectivity index (χ1n) is 8.96. The van der Waals surface area contributed by atoms with Crippen molar-refractivity contribution < 1.29 is 18.0 Å². The van der Waals surface area contributed by atoms with Crippen LogP contribution in [0.25, 0.3) is 0 Å². The van der Waals surface area contributed by atoms with Crippen molar-refractivity contribution >= 4 is 27.5 Å². The number of rotatable bonds is 10. The third kappa shape index (κ3) is 7.66. The van der Waals surface area contributed by atoms with Crippen molar-refractivity contribution in [2.24, 2.45) is 17.6 Å². The van der Waals surface area contributed by atoms with Crippen LogP contribution in [0, 0.1) is 11.8 Å². The molecule has 0 heterocycles. The van der Waals surface area contributed by atoms with Gasteiger partial charge in [-0.1, -0.05) is 33.8 Å². The summed E-state index contributed by atoms with van der Waals surface area (Å²) in [7, 11) is -3.70. The summed E-state index contributed by atoms with van der Waals surface area (Å²) in [6, 6.07) is 5.21. The first-order chi connectivity index (χ1) is 12.6. The zero-order chi connectivity index (χ0) is 20.6. The lowest BCUT2D eigenvalue weighted by molar-refractivity contribution is -0.127. The van der Waals surface area contributed by atoms with Crippen LogP contribution >= 0.6 is 0 Å². The Morgan fingerprint density at radius 2 is 1.81 bits per heavy atom. The maximum atomic E-state index is 12.6. The number of nitrogens with two attached hydrogens (primary N) is 1. The molecule has 0 saturated heterocycles. The van der Waals surface area contributed by atoms with Gasteiger partial charge in [0.25, 0.3) is 0 Å². The number of hydrogen-bond acceptors (Lipinski definition) is 5. The predicted molar refractivity (Wildman–Crippen MR) is 106 cm³/mol. The molecule has 1 unspecified atom stereocenters. The number of carbonyl (C=O) groups excluding carboxylic acids is 2. The van der Waals surface area contributed by atoms with Crippen LogP contribution in [0.2, 0.25) is 0 Å². The van der Waals surface area contributed by atoms with E-state index in [1.54, 1.807) is 6.07 Å². The van der Waals surface area contributed by atoms with Gasteiger partial charge < -0.3 is 16.4 Å². The van der Waals surface area contributed by atoms with Crippen LogP contribution in [0.15, 0.2) is 29.2 Å².